The minimum atomic E-state index is 0.316. The largest absolute Gasteiger partial charge is 0.349 e. The molecule has 4 nitrogen and oxygen atoms in total. The number of hydrogen-bond donors (Lipinski definition) is 0. The molecule has 1 saturated heterocycles. The van der Waals surface area contributed by atoms with Crippen LogP contribution in [0.5, 0.6) is 0 Å². The first kappa shape index (κ1) is 7.34. The van der Waals surface area contributed by atoms with Gasteiger partial charge in [-0.1, -0.05) is 0 Å². The maximum absolute atomic E-state index is 11.0. The summed E-state index contributed by atoms with van der Waals surface area (Å²) in [5.41, 5.74) is 0. The predicted molar refractivity (Wildman–Crippen MR) is 45.0 cm³/mol. The number of aromatic nitrogens is 2. The lowest BCUT2D eigenvalue weighted by Gasteiger charge is -2.15. The van der Waals surface area contributed by atoms with Gasteiger partial charge in [0.1, 0.15) is 5.82 Å². The smallest absolute Gasteiger partial charge is 0.153 e. The van der Waals surface area contributed by atoms with E-state index in [1.807, 2.05) is 13.1 Å². The third kappa shape index (κ3) is 1.09. The van der Waals surface area contributed by atoms with E-state index in [9.17, 15) is 4.79 Å². The highest BCUT2D eigenvalue weighted by Crippen LogP contribution is 2.16. The molecule has 0 amide bonds. The molecule has 1 aliphatic heterocycles. The molecule has 0 unspecified atom stereocenters. The summed E-state index contributed by atoms with van der Waals surface area (Å²) in [5, 5.41) is 4.05. The van der Waals surface area contributed by atoms with Crippen molar-refractivity contribution in [1.82, 2.24) is 9.78 Å². The number of nitrogens with zero attached hydrogens (tertiary/aromatic N) is 3. The number of aryl methyl sites for hydroxylation is 1. The van der Waals surface area contributed by atoms with Crippen molar-refractivity contribution in [1.29, 1.82) is 0 Å². The number of anilines is 1. The highest BCUT2D eigenvalue weighted by atomic mass is 16.1. The number of carbonyl (C=O) groups is 1. The zero-order chi connectivity index (χ0) is 8.55. The lowest BCUT2D eigenvalue weighted by Crippen LogP contribution is -2.22. The average Bonchev–Trinajstić information content (AvgIpc) is 2.58. The summed E-state index contributed by atoms with van der Waals surface area (Å²) in [7, 11) is 1.89. The van der Waals surface area contributed by atoms with Crippen molar-refractivity contribution in [2.45, 2.75) is 6.42 Å². The van der Waals surface area contributed by atoms with Gasteiger partial charge in [-0.05, 0) is 0 Å². The molecule has 0 saturated carbocycles. The fourth-order valence-corrected chi connectivity index (χ4v) is 1.50. The molecular weight excluding hydrogens is 154 g/mol. The molecule has 4 heteroatoms. The number of hydrogen-bond acceptors (Lipinski definition) is 3. The third-order valence-corrected chi connectivity index (χ3v) is 2.15. The highest BCUT2D eigenvalue weighted by molar-refractivity contribution is 5.86. The first-order valence-corrected chi connectivity index (χ1v) is 4.02. The Hall–Kier alpha value is -1.32. The minimum Gasteiger partial charge on any atom is -0.349 e. The van der Waals surface area contributed by atoms with Gasteiger partial charge in [-0.2, -0.15) is 5.10 Å². The molecule has 0 radical (unpaired) electrons. The number of Topliss-reactive ketones (excluding diaryl/α,β-unsaturated/α-hetero) is 1. The van der Waals surface area contributed by atoms with Crippen LogP contribution in [0.4, 0.5) is 5.82 Å². The van der Waals surface area contributed by atoms with E-state index in [-0.39, 0.29) is 0 Å². The van der Waals surface area contributed by atoms with Gasteiger partial charge in [0.2, 0.25) is 0 Å². The van der Waals surface area contributed by atoms with Crippen LogP contribution < -0.4 is 4.90 Å². The summed E-state index contributed by atoms with van der Waals surface area (Å²) in [5.74, 6) is 1.34. The summed E-state index contributed by atoms with van der Waals surface area (Å²) in [6.07, 6.45) is 2.42. The van der Waals surface area contributed by atoms with E-state index in [1.165, 1.54) is 0 Å². The Kier molecular flexibility index (Phi) is 1.60. The summed E-state index contributed by atoms with van der Waals surface area (Å²) >= 11 is 0. The molecule has 0 aliphatic carbocycles. The van der Waals surface area contributed by atoms with Crippen LogP contribution in [0.25, 0.3) is 0 Å². The van der Waals surface area contributed by atoms with Crippen molar-refractivity contribution < 1.29 is 4.79 Å². The van der Waals surface area contributed by atoms with Crippen molar-refractivity contribution in [3.05, 3.63) is 12.3 Å². The number of ketones is 1. The molecular formula is C8H11N3O. The third-order valence-electron chi connectivity index (χ3n) is 2.15. The van der Waals surface area contributed by atoms with Gasteiger partial charge in [-0.25, -0.2) is 0 Å². The zero-order valence-electron chi connectivity index (χ0n) is 7.03. The van der Waals surface area contributed by atoms with Gasteiger partial charge in [-0.15, -0.1) is 0 Å². The molecule has 2 rings (SSSR count). The first-order valence-electron chi connectivity index (χ1n) is 4.02. The summed E-state index contributed by atoms with van der Waals surface area (Å²) < 4.78 is 1.79. The Morgan fingerprint density at radius 1 is 1.58 bits per heavy atom. The predicted octanol–water partition coefficient (Wildman–Crippen LogP) is 0.199. The topological polar surface area (TPSA) is 38.1 Å². The second-order valence-corrected chi connectivity index (χ2v) is 3.02. The summed E-state index contributed by atoms with van der Waals surface area (Å²) in [4.78, 5) is 13.0. The number of carbonyl (C=O) groups excluding carboxylic acids is 1. The van der Waals surface area contributed by atoms with E-state index in [1.54, 1.807) is 10.9 Å². The van der Waals surface area contributed by atoms with Crippen LogP contribution >= 0.6 is 0 Å². The fraction of sp³-hybridized carbons (Fsp3) is 0.500. The van der Waals surface area contributed by atoms with Crippen molar-refractivity contribution in [2.75, 3.05) is 18.0 Å². The molecule has 1 aromatic rings. The van der Waals surface area contributed by atoms with Gasteiger partial charge in [0, 0.05) is 26.1 Å². The van der Waals surface area contributed by atoms with Crippen LogP contribution in [-0.2, 0) is 11.8 Å². The Morgan fingerprint density at radius 2 is 2.42 bits per heavy atom. The Balaban J connectivity index is 2.21. The minimum absolute atomic E-state index is 0.316. The van der Waals surface area contributed by atoms with Crippen molar-refractivity contribution in [2.24, 2.45) is 7.05 Å². The fourth-order valence-electron chi connectivity index (χ4n) is 1.50. The molecule has 1 fully saturated rings. The van der Waals surface area contributed by atoms with Crippen molar-refractivity contribution in [3.8, 4) is 0 Å². The van der Waals surface area contributed by atoms with E-state index in [4.69, 9.17) is 0 Å². The molecule has 1 aliphatic rings. The maximum Gasteiger partial charge on any atom is 0.153 e. The second-order valence-electron chi connectivity index (χ2n) is 3.02. The molecule has 0 atom stereocenters. The van der Waals surface area contributed by atoms with Gasteiger partial charge in [0.15, 0.2) is 5.78 Å². The van der Waals surface area contributed by atoms with E-state index >= 15 is 0 Å². The maximum atomic E-state index is 11.0. The average molecular weight is 165 g/mol. The van der Waals surface area contributed by atoms with E-state index in [0.717, 1.165) is 12.4 Å². The number of rotatable bonds is 1. The van der Waals surface area contributed by atoms with Gasteiger partial charge < -0.3 is 4.90 Å². The van der Waals surface area contributed by atoms with Gasteiger partial charge in [-0.3, -0.25) is 9.48 Å². The SMILES string of the molecule is Cn1nccc1N1CCC(=O)C1. The van der Waals surface area contributed by atoms with Crippen LogP contribution in [0.3, 0.4) is 0 Å². The Morgan fingerprint density at radius 3 is 2.92 bits per heavy atom. The molecule has 1 aromatic heterocycles. The van der Waals surface area contributed by atoms with E-state index in [0.29, 0.717) is 18.7 Å². The molecule has 0 spiro atoms. The molecule has 0 aromatic carbocycles. The van der Waals surface area contributed by atoms with Gasteiger partial charge in [0.05, 0.1) is 12.7 Å². The van der Waals surface area contributed by atoms with Crippen LogP contribution in [0, 0.1) is 0 Å². The Bertz CT molecular complexity index is 305. The van der Waals surface area contributed by atoms with Gasteiger partial charge in [0.25, 0.3) is 0 Å². The molecule has 12 heavy (non-hydrogen) atoms. The molecule has 2 heterocycles. The van der Waals surface area contributed by atoms with Crippen molar-refractivity contribution in [3.63, 3.8) is 0 Å². The van der Waals surface area contributed by atoms with Crippen LogP contribution in [0.15, 0.2) is 12.3 Å². The lowest BCUT2D eigenvalue weighted by molar-refractivity contribution is -0.116. The van der Waals surface area contributed by atoms with Crippen LogP contribution in [0.2, 0.25) is 0 Å². The normalized spacial score (nSPS) is 17.4. The second kappa shape index (κ2) is 2.62. The summed E-state index contributed by atoms with van der Waals surface area (Å²) in [6.45, 7) is 1.37. The van der Waals surface area contributed by atoms with Crippen LogP contribution in [0.1, 0.15) is 6.42 Å². The van der Waals surface area contributed by atoms with Crippen LogP contribution in [-0.4, -0.2) is 28.7 Å². The molecule has 0 N–H and O–H groups in total. The zero-order valence-corrected chi connectivity index (χ0v) is 7.03. The first-order chi connectivity index (χ1) is 5.77. The standard InChI is InChI=1S/C8H11N3O/c1-10-8(2-4-9-10)11-5-3-7(12)6-11/h2,4H,3,5-6H2,1H3. The highest BCUT2D eigenvalue weighted by Gasteiger charge is 2.20. The van der Waals surface area contributed by atoms with Crippen molar-refractivity contribution >= 4 is 11.6 Å². The summed E-state index contributed by atoms with van der Waals surface area (Å²) in [6, 6.07) is 1.93. The lowest BCUT2D eigenvalue weighted by atomic mass is 10.4. The van der Waals surface area contributed by atoms with Gasteiger partial charge >= 0.3 is 0 Å². The Labute approximate surface area is 70.8 Å². The monoisotopic (exact) mass is 165 g/mol. The van der Waals surface area contributed by atoms with E-state index < -0.39 is 0 Å². The van der Waals surface area contributed by atoms with E-state index in [2.05, 4.69) is 10.00 Å². The molecule has 64 valence electrons. The quantitative estimate of drug-likeness (QED) is 0.596. The molecule has 0 bridgehead atoms.